The number of rotatable bonds is 5. The molecular formula is C25H21N3O3. The van der Waals surface area contributed by atoms with Crippen LogP contribution < -0.4 is 15.8 Å². The number of phenolic OH excluding ortho intramolecular Hbond substituents is 1. The molecule has 154 valence electrons. The Hall–Kier alpha value is -4.32. The van der Waals surface area contributed by atoms with Crippen molar-refractivity contribution in [1.82, 2.24) is 4.98 Å². The number of carbonyl (C=O) groups is 1. The zero-order valence-electron chi connectivity index (χ0n) is 16.9. The Kier molecular flexibility index (Phi) is 5.28. The van der Waals surface area contributed by atoms with Gasteiger partial charge < -0.3 is 20.9 Å². The Labute approximate surface area is 179 Å². The summed E-state index contributed by atoms with van der Waals surface area (Å²) in [6, 6.07) is 21.3. The van der Waals surface area contributed by atoms with E-state index in [1.165, 1.54) is 7.11 Å². The summed E-state index contributed by atoms with van der Waals surface area (Å²) in [6.07, 6.45) is 0. The summed E-state index contributed by atoms with van der Waals surface area (Å²) >= 11 is 0. The summed E-state index contributed by atoms with van der Waals surface area (Å²) in [5.41, 5.74) is 9.90. The molecule has 0 aliphatic heterocycles. The number of methoxy groups -OCH3 is 1. The average Bonchev–Trinajstić information content (AvgIpc) is 2.79. The number of hydrogen-bond acceptors (Lipinski definition) is 5. The standard InChI is InChI=1S/C25H21N3O3/c1-15(16-11-12-24(31-2)23(29)13-16)18-14-22(27-20-9-5-3-7-17(18)20)25(30)28-21-10-6-4-8-19(21)26/h3-14,29H,1,26H2,2H3,(H,28,30). The number of nitrogens with two attached hydrogens (primary N) is 1. The number of para-hydroxylation sites is 3. The molecule has 0 aliphatic carbocycles. The number of fused-ring (bicyclic) bond motifs is 1. The zero-order valence-corrected chi connectivity index (χ0v) is 16.9. The third-order valence-corrected chi connectivity index (χ3v) is 5.01. The van der Waals surface area contributed by atoms with E-state index in [0.717, 1.165) is 10.9 Å². The van der Waals surface area contributed by atoms with Gasteiger partial charge in [0.05, 0.1) is 24.0 Å². The summed E-state index contributed by atoms with van der Waals surface area (Å²) in [4.78, 5) is 17.5. The number of nitrogen functional groups attached to an aromatic ring is 1. The lowest BCUT2D eigenvalue weighted by Gasteiger charge is -2.14. The van der Waals surface area contributed by atoms with Crippen LogP contribution in [0.25, 0.3) is 16.5 Å². The first-order valence-corrected chi connectivity index (χ1v) is 9.60. The van der Waals surface area contributed by atoms with Crippen LogP contribution in [0, 0.1) is 0 Å². The van der Waals surface area contributed by atoms with Crippen molar-refractivity contribution < 1.29 is 14.6 Å². The number of phenols is 1. The van der Waals surface area contributed by atoms with Crippen LogP contribution in [0.15, 0.2) is 79.4 Å². The minimum Gasteiger partial charge on any atom is -0.504 e. The van der Waals surface area contributed by atoms with Gasteiger partial charge in [0.25, 0.3) is 5.91 Å². The second-order valence-electron chi connectivity index (χ2n) is 6.98. The predicted molar refractivity (Wildman–Crippen MR) is 123 cm³/mol. The van der Waals surface area contributed by atoms with E-state index >= 15 is 0 Å². The lowest BCUT2D eigenvalue weighted by molar-refractivity contribution is 0.102. The van der Waals surface area contributed by atoms with Crippen molar-refractivity contribution in [3.05, 3.63) is 96.2 Å². The van der Waals surface area contributed by atoms with Crippen LogP contribution in [0.2, 0.25) is 0 Å². The summed E-state index contributed by atoms with van der Waals surface area (Å²) in [5.74, 6) is 0.00367. The number of aromatic nitrogens is 1. The molecule has 31 heavy (non-hydrogen) atoms. The minimum absolute atomic E-state index is 0.0111. The molecule has 6 nitrogen and oxygen atoms in total. The fourth-order valence-corrected chi connectivity index (χ4v) is 3.37. The van der Waals surface area contributed by atoms with E-state index in [4.69, 9.17) is 10.5 Å². The molecule has 0 unspecified atom stereocenters. The van der Waals surface area contributed by atoms with Crippen molar-refractivity contribution >= 4 is 33.8 Å². The quantitative estimate of drug-likeness (QED) is 0.408. The van der Waals surface area contributed by atoms with Crippen molar-refractivity contribution in [3.63, 3.8) is 0 Å². The lowest BCUT2D eigenvalue weighted by atomic mass is 9.95. The first kappa shape index (κ1) is 20.0. The average molecular weight is 411 g/mol. The summed E-state index contributed by atoms with van der Waals surface area (Å²) in [7, 11) is 1.49. The Balaban J connectivity index is 1.78. The molecule has 4 rings (SSSR count). The van der Waals surface area contributed by atoms with Gasteiger partial charge in [-0.25, -0.2) is 4.98 Å². The molecular weight excluding hydrogens is 390 g/mol. The Bertz CT molecular complexity index is 1310. The summed E-state index contributed by atoms with van der Waals surface area (Å²) < 4.78 is 5.12. The molecule has 0 bridgehead atoms. The molecule has 4 N–H and O–H groups in total. The largest absolute Gasteiger partial charge is 0.504 e. The van der Waals surface area contributed by atoms with Crippen LogP contribution in [0.1, 0.15) is 21.6 Å². The van der Waals surface area contributed by atoms with E-state index < -0.39 is 0 Å². The van der Waals surface area contributed by atoms with E-state index in [2.05, 4.69) is 16.9 Å². The van der Waals surface area contributed by atoms with Crippen molar-refractivity contribution in [2.75, 3.05) is 18.2 Å². The molecule has 1 amide bonds. The Morgan fingerprint density at radius 1 is 1.06 bits per heavy atom. The van der Waals surface area contributed by atoms with Crippen molar-refractivity contribution in [3.8, 4) is 11.5 Å². The van der Waals surface area contributed by atoms with Crippen LogP contribution >= 0.6 is 0 Å². The molecule has 0 spiro atoms. The molecule has 0 saturated carbocycles. The molecule has 0 atom stereocenters. The molecule has 1 heterocycles. The van der Waals surface area contributed by atoms with Gasteiger partial charge in [-0.15, -0.1) is 0 Å². The Morgan fingerprint density at radius 3 is 2.55 bits per heavy atom. The highest BCUT2D eigenvalue weighted by Crippen LogP contribution is 2.34. The molecule has 4 aromatic rings. The maximum Gasteiger partial charge on any atom is 0.274 e. The highest BCUT2D eigenvalue weighted by molar-refractivity contribution is 6.07. The highest BCUT2D eigenvalue weighted by atomic mass is 16.5. The third-order valence-electron chi connectivity index (χ3n) is 5.01. The van der Waals surface area contributed by atoms with Gasteiger partial charge in [0, 0.05) is 5.39 Å². The number of amides is 1. The fourth-order valence-electron chi connectivity index (χ4n) is 3.37. The van der Waals surface area contributed by atoms with Crippen molar-refractivity contribution in [2.24, 2.45) is 0 Å². The Morgan fingerprint density at radius 2 is 1.81 bits per heavy atom. The molecule has 0 aliphatic rings. The minimum atomic E-state index is -0.379. The normalized spacial score (nSPS) is 10.6. The molecule has 0 radical (unpaired) electrons. The maximum atomic E-state index is 12.9. The highest BCUT2D eigenvalue weighted by Gasteiger charge is 2.16. The van der Waals surface area contributed by atoms with Gasteiger partial charge in [-0.3, -0.25) is 4.79 Å². The van der Waals surface area contributed by atoms with E-state index in [0.29, 0.717) is 33.8 Å². The van der Waals surface area contributed by atoms with Gasteiger partial charge in [0.15, 0.2) is 11.5 Å². The lowest BCUT2D eigenvalue weighted by Crippen LogP contribution is -2.15. The number of benzene rings is 3. The van der Waals surface area contributed by atoms with E-state index in [-0.39, 0.29) is 17.4 Å². The van der Waals surface area contributed by atoms with E-state index in [1.54, 1.807) is 48.5 Å². The number of nitrogens with one attached hydrogen (secondary N) is 1. The number of ether oxygens (including phenoxy) is 1. The monoisotopic (exact) mass is 411 g/mol. The summed E-state index contributed by atoms with van der Waals surface area (Å²) in [5, 5.41) is 13.8. The molecule has 0 saturated heterocycles. The van der Waals surface area contributed by atoms with Crippen molar-refractivity contribution in [1.29, 1.82) is 0 Å². The van der Waals surface area contributed by atoms with Crippen LogP contribution in [-0.4, -0.2) is 23.1 Å². The second kappa shape index (κ2) is 8.20. The van der Waals surface area contributed by atoms with Crippen LogP contribution in [0.5, 0.6) is 11.5 Å². The van der Waals surface area contributed by atoms with Crippen LogP contribution in [0.4, 0.5) is 11.4 Å². The maximum absolute atomic E-state index is 12.9. The number of pyridine rings is 1. The molecule has 1 aromatic heterocycles. The van der Waals surface area contributed by atoms with E-state index in [9.17, 15) is 9.90 Å². The first-order valence-electron chi connectivity index (χ1n) is 9.60. The van der Waals surface area contributed by atoms with Gasteiger partial charge >= 0.3 is 0 Å². The van der Waals surface area contributed by atoms with Gasteiger partial charge in [0.1, 0.15) is 5.69 Å². The molecule has 0 fully saturated rings. The van der Waals surface area contributed by atoms with E-state index in [1.807, 2.05) is 24.3 Å². The summed E-state index contributed by atoms with van der Waals surface area (Å²) in [6.45, 7) is 4.21. The van der Waals surface area contributed by atoms with Gasteiger partial charge in [-0.1, -0.05) is 43.0 Å². The number of nitrogens with zero attached hydrogens (tertiary/aromatic N) is 1. The number of carbonyl (C=O) groups excluding carboxylic acids is 1. The van der Waals surface area contributed by atoms with Gasteiger partial charge in [-0.05, 0) is 53.1 Å². The van der Waals surface area contributed by atoms with Crippen molar-refractivity contribution in [2.45, 2.75) is 0 Å². The first-order chi connectivity index (χ1) is 15.0. The third kappa shape index (κ3) is 3.91. The second-order valence-corrected chi connectivity index (χ2v) is 6.98. The van der Waals surface area contributed by atoms with Crippen LogP contribution in [-0.2, 0) is 0 Å². The zero-order chi connectivity index (χ0) is 22.0. The smallest absolute Gasteiger partial charge is 0.274 e. The molecule has 6 heteroatoms. The van der Waals surface area contributed by atoms with Crippen LogP contribution in [0.3, 0.4) is 0 Å². The predicted octanol–water partition coefficient (Wildman–Crippen LogP) is 4.85. The molecule has 3 aromatic carbocycles. The fraction of sp³-hybridized carbons (Fsp3) is 0.0400. The topological polar surface area (TPSA) is 97.5 Å². The van der Waals surface area contributed by atoms with Gasteiger partial charge in [0.2, 0.25) is 0 Å². The number of aromatic hydroxyl groups is 1. The number of hydrogen-bond donors (Lipinski definition) is 3. The van der Waals surface area contributed by atoms with Gasteiger partial charge in [-0.2, -0.15) is 0 Å². The SMILES string of the molecule is C=C(c1ccc(OC)c(O)c1)c1cc(C(=O)Nc2ccccc2N)nc2ccccc12. The number of anilines is 2.